The van der Waals surface area contributed by atoms with E-state index in [2.05, 4.69) is 9.97 Å². The summed E-state index contributed by atoms with van der Waals surface area (Å²) in [7, 11) is 0. The topological polar surface area (TPSA) is 48.2 Å². The van der Waals surface area contributed by atoms with Crippen LogP contribution in [0.25, 0.3) is 11.1 Å². The molecule has 108 valence electrons. The summed E-state index contributed by atoms with van der Waals surface area (Å²) < 4.78 is 37.1. The van der Waals surface area contributed by atoms with Gasteiger partial charge in [-0.25, -0.2) is 18.7 Å². The molecule has 1 aromatic carbocycles. The zero-order valence-electron chi connectivity index (χ0n) is 11.5. The van der Waals surface area contributed by atoms with Gasteiger partial charge >= 0.3 is 0 Å². The van der Waals surface area contributed by atoms with Crippen LogP contribution in [0.2, 0.25) is 0 Å². The van der Waals surface area contributed by atoms with Gasteiger partial charge in [-0.2, -0.15) is 0 Å². The molecule has 0 aliphatic rings. The van der Waals surface area contributed by atoms with E-state index in [0.717, 1.165) is 23.5 Å². The van der Waals surface area contributed by atoms with Gasteiger partial charge in [-0.1, -0.05) is 6.07 Å². The highest BCUT2D eigenvalue weighted by atomic mass is 19.2. The quantitative estimate of drug-likeness (QED) is 0.738. The standard InChI is InChI=1S/C15H12F2N2O2/c1-8-9(2)21-15-13(8)14(18-7-19-15)20-6-10-3-4-11(16)12(17)5-10/h3-5,7H,6H2,1-2H3. The van der Waals surface area contributed by atoms with Crippen LogP contribution >= 0.6 is 0 Å². The predicted molar refractivity (Wildman–Crippen MR) is 72.0 cm³/mol. The van der Waals surface area contributed by atoms with Crippen LogP contribution in [0.3, 0.4) is 0 Å². The third kappa shape index (κ3) is 2.44. The Bertz CT molecular complexity index is 815. The zero-order chi connectivity index (χ0) is 15.0. The fourth-order valence-electron chi connectivity index (χ4n) is 2.04. The number of furan rings is 1. The van der Waals surface area contributed by atoms with Crippen molar-refractivity contribution in [1.29, 1.82) is 0 Å². The number of nitrogens with zero attached hydrogens (tertiary/aromatic N) is 2. The molecule has 3 rings (SSSR count). The van der Waals surface area contributed by atoms with Gasteiger partial charge in [-0.3, -0.25) is 0 Å². The molecule has 4 nitrogen and oxygen atoms in total. The maximum absolute atomic E-state index is 13.2. The van der Waals surface area contributed by atoms with Crippen molar-refractivity contribution in [2.75, 3.05) is 0 Å². The van der Waals surface area contributed by atoms with Crippen molar-refractivity contribution in [3.63, 3.8) is 0 Å². The average molecular weight is 290 g/mol. The molecule has 0 saturated heterocycles. The minimum atomic E-state index is -0.903. The van der Waals surface area contributed by atoms with Crippen molar-refractivity contribution in [1.82, 2.24) is 9.97 Å². The molecule has 21 heavy (non-hydrogen) atoms. The molecule has 0 unspecified atom stereocenters. The van der Waals surface area contributed by atoms with Crippen molar-refractivity contribution in [2.45, 2.75) is 20.5 Å². The Morgan fingerprint density at radius 2 is 1.95 bits per heavy atom. The summed E-state index contributed by atoms with van der Waals surface area (Å²) in [5.41, 5.74) is 1.85. The van der Waals surface area contributed by atoms with Crippen molar-refractivity contribution in [2.24, 2.45) is 0 Å². The Hall–Kier alpha value is -2.50. The highest BCUT2D eigenvalue weighted by Gasteiger charge is 2.15. The van der Waals surface area contributed by atoms with E-state index < -0.39 is 11.6 Å². The molecule has 0 spiro atoms. The van der Waals surface area contributed by atoms with E-state index in [9.17, 15) is 8.78 Å². The SMILES string of the molecule is Cc1oc2ncnc(OCc3ccc(F)c(F)c3)c2c1C. The molecule has 0 saturated carbocycles. The van der Waals surface area contributed by atoms with Gasteiger partial charge in [0.15, 0.2) is 11.6 Å². The average Bonchev–Trinajstić information content (AvgIpc) is 2.76. The number of hydrogen-bond donors (Lipinski definition) is 0. The molecule has 0 radical (unpaired) electrons. The minimum Gasteiger partial charge on any atom is -0.472 e. The van der Waals surface area contributed by atoms with Crippen LogP contribution in [0.1, 0.15) is 16.9 Å². The Morgan fingerprint density at radius 1 is 1.14 bits per heavy atom. The second-order valence-corrected chi connectivity index (χ2v) is 4.68. The first-order chi connectivity index (χ1) is 10.1. The fourth-order valence-corrected chi connectivity index (χ4v) is 2.04. The molecule has 0 aliphatic carbocycles. The maximum atomic E-state index is 13.2. The highest BCUT2D eigenvalue weighted by Crippen LogP contribution is 2.29. The fraction of sp³-hybridized carbons (Fsp3) is 0.200. The van der Waals surface area contributed by atoms with Crippen LogP contribution in [-0.2, 0) is 6.61 Å². The lowest BCUT2D eigenvalue weighted by Gasteiger charge is -2.06. The van der Waals surface area contributed by atoms with E-state index in [4.69, 9.17) is 9.15 Å². The van der Waals surface area contributed by atoms with Gasteiger partial charge in [-0.15, -0.1) is 0 Å². The van der Waals surface area contributed by atoms with Crippen molar-refractivity contribution < 1.29 is 17.9 Å². The maximum Gasteiger partial charge on any atom is 0.233 e. The summed E-state index contributed by atoms with van der Waals surface area (Å²) in [5, 5.41) is 0.692. The second-order valence-electron chi connectivity index (χ2n) is 4.68. The van der Waals surface area contributed by atoms with E-state index in [1.54, 1.807) is 0 Å². The monoisotopic (exact) mass is 290 g/mol. The molecule has 2 heterocycles. The summed E-state index contributed by atoms with van der Waals surface area (Å²) in [4.78, 5) is 8.11. The van der Waals surface area contributed by atoms with Gasteiger partial charge < -0.3 is 9.15 Å². The van der Waals surface area contributed by atoms with E-state index in [1.165, 1.54) is 12.4 Å². The van der Waals surface area contributed by atoms with Crippen LogP contribution < -0.4 is 4.74 Å². The molecule has 3 aromatic rings. The number of ether oxygens (including phenoxy) is 1. The molecule has 0 bridgehead atoms. The first-order valence-corrected chi connectivity index (χ1v) is 6.33. The lowest BCUT2D eigenvalue weighted by Crippen LogP contribution is -1.99. The Labute approximate surface area is 119 Å². The molecular weight excluding hydrogens is 278 g/mol. The Balaban J connectivity index is 1.90. The second kappa shape index (κ2) is 5.12. The van der Waals surface area contributed by atoms with E-state index in [-0.39, 0.29) is 6.61 Å². The molecule has 0 N–H and O–H groups in total. The number of halogens is 2. The lowest BCUT2D eigenvalue weighted by atomic mass is 10.2. The minimum absolute atomic E-state index is 0.0764. The summed E-state index contributed by atoms with van der Waals surface area (Å²) in [6, 6.07) is 3.63. The molecule has 0 atom stereocenters. The summed E-state index contributed by atoms with van der Waals surface area (Å²) in [5.74, 6) is -0.689. The lowest BCUT2D eigenvalue weighted by molar-refractivity contribution is 0.296. The van der Waals surface area contributed by atoms with Crippen LogP contribution in [0.5, 0.6) is 5.88 Å². The zero-order valence-corrected chi connectivity index (χ0v) is 11.5. The largest absolute Gasteiger partial charge is 0.472 e. The van der Waals surface area contributed by atoms with E-state index in [1.807, 2.05) is 13.8 Å². The number of aromatic nitrogens is 2. The molecular formula is C15H12F2N2O2. The first-order valence-electron chi connectivity index (χ1n) is 6.33. The Morgan fingerprint density at radius 3 is 2.71 bits per heavy atom. The van der Waals surface area contributed by atoms with Crippen LogP contribution in [0.15, 0.2) is 28.9 Å². The highest BCUT2D eigenvalue weighted by molar-refractivity contribution is 5.83. The smallest absolute Gasteiger partial charge is 0.233 e. The molecule has 2 aromatic heterocycles. The summed E-state index contributed by atoms with van der Waals surface area (Å²) in [6.45, 7) is 3.79. The van der Waals surface area contributed by atoms with Crippen molar-refractivity contribution in [3.05, 3.63) is 53.0 Å². The third-order valence-corrected chi connectivity index (χ3v) is 3.29. The molecule has 6 heteroatoms. The molecule has 0 fully saturated rings. The van der Waals surface area contributed by atoms with Crippen LogP contribution in [0, 0.1) is 25.5 Å². The van der Waals surface area contributed by atoms with Crippen molar-refractivity contribution in [3.8, 4) is 5.88 Å². The molecule has 0 amide bonds. The number of fused-ring (bicyclic) bond motifs is 1. The summed E-state index contributed by atoms with van der Waals surface area (Å²) >= 11 is 0. The van der Waals surface area contributed by atoms with Gasteiger partial charge in [0.05, 0.1) is 0 Å². The normalized spacial score (nSPS) is 11.0. The number of rotatable bonds is 3. The van der Waals surface area contributed by atoms with Crippen LogP contribution in [0.4, 0.5) is 8.78 Å². The third-order valence-electron chi connectivity index (χ3n) is 3.29. The van der Waals surface area contributed by atoms with Crippen LogP contribution in [-0.4, -0.2) is 9.97 Å². The predicted octanol–water partition coefficient (Wildman–Crippen LogP) is 3.70. The van der Waals surface area contributed by atoms with Crippen molar-refractivity contribution >= 4 is 11.1 Å². The molecule has 0 aliphatic heterocycles. The number of aryl methyl sites for hydroxylation is 2. The van der Waals surface area contributed by atoms with E-state index >= 15 is 0 Å². The first kappa shape index (κ1) is 13.5. The number of hydrogen-bond acceptors (Lipinski definition) is 4. The van der Waals surface area contributed by atoms with E-state index in [0.29, 0.717) is 22.5 Å². The van der Waals surface area contributed by atoms with Gasteiger partial charge in [0.2, 0.25) is 11.6 Å². The van der Waals surface area contributed by atoms with Gasteiger partial charge in [0.1, 0.15) is 24.1 Å². The van der Waals surface area contributed by atoms with Gasteiger partial charge in [-0.05, 0) is 31.5 Å². The van der Waals surface area contributed by atoms with Gasteiger partial charge in [0, 0.05) is 5.56 Å². The van der Waals surface area contributed by atoms with Gasteiger partial charge in [0.25, 0.3) is 0 Å². The Kier molecular flexibility index (Phi) is 3.29. The number of benzene rings is 1. The summed E-state index contributed by atoms with van der Waals surface area (Å²) in [6.07, 6.45) is 1.34.